The van der Waals surface area contributed by atoms with Crippen molar-refractivity contribution in [2.75, 3.05) is 7.11 Å². The first-order valence-electron chi connectivity index (χ1n) is 5.88. The molecule has 0 fully saturated rings. The summed E-state index contributed by atoms with van der Waals surface area (Å²) < 4.78 is 7.46. The van der Waals surface area contributed by atoms with E-state index in [0.717, 1.165) is 22.7 Å². The average molecular weight is 366 g/mol. The average Bonchev–Trinajstić information content (AvgIpc) is 2.84. The normalized spacial score (nSPS) is 10.2. The Morgan fingerprint density at radius 2 is 1.84 bits per heavy atom. The molecule has 0 aliphatic heterocycles. The van der Waals surface area contributed by atoms with Crippen molar-refractivity contribution in [3.05, 3.63) is 54.4 Å². The van der Waals surface area contributed by atoms with Crippen LogP contribution in [-0.4, -0.2) is 16.5 Å². The van der Waals surface area contributed by atoms with Crippen LogP contribution in [0.4, 0.5) is 0 Å². The van der Waals surface area contributed by atoms with E-state index < -0.39 is 0 Å². The number of rotatable bonds is 2. The Morgan fingerprint density at radius 1 is 1.05 bits per heavy atom. The Hall–Kier alpha value is -1.56. The van der Waals surface area contributed by atoms with Crippen LogP contribution in [0, 0.1) is 6.92 Å². The number of nitrogens with zero attached hydrogens (tertiary/aromatic N) is 2. The van der Waals surface area contributed by atoms with Crippen LogP contribution in [0.15, 0.2) is 48.7 Å². The first kappa shape index (κ1) is 13.9. The number of benzene rings is 1. The first-order valence-corrected chi connectivity index (χ1v) is 5.88. The molecule has 3 nitrogen and oxygen atoms in total. The molecule has 19 heavy (non-hydrogen) atoms. The number of pyridine rings is 1. The molecule has 0 amide bonds. The minimum Gasteiger partial charge on any atom is -0.496 e. The van der Waals surface area contributed by atoms with Crippen molar-refractivity contribution in [2.24, 2.45) is 0 Å². The molecule has 0 aliphatic rings. The number of ether oxygens (including phenoxy) is 1. The first-order chi connectivity index (χ1) is 8.79. The maximum absolute atomic E-state index is 5.38. The Balaban J connectivity index is 0.00000133. The number of imidazole rings is 1. The van der Waals surface area contributed by atoms with Gasteiger partial charge in [-0.2, -0.15) is 0 Å². The fourth-order valence-electron chi connectivity index (χ4n) is 2.13. The van der Waals surface area contributed by atoms with Gasteiger partial charge in [0.2, 0.25) is 0 Å². The maximum atomic E-state index is 5.38. The standard InChI is InChI=1S/C15H14N2O.HI/c1-11-6-5-9-15-16-13(10-17(11)15)12-7-3-4-8-14(12)18-2;/h3-10H,1-2H3;1H. The van der Waals surface area contributed by atoms with Crippen molar-refractivity contribution < 1.29 is 4.74 Å². The molecule has 0 atom stereocenters. The molecule has 98 valence electrons. The van der Waals surface area contributed by atoms with E-state index in [4.69, 9.17) is 4.74 Å². The number of aromatic nitrogens is 2. The topological polar surface area (TPSA) is 26.5 Å². The van der Waals surface area contributed by atoms with Crippen molar-refractivity contribution in [3.8, 4) is 17.0 Å². The van der Waals surface area contributed by atoms with Crippen LogP contribution < -0.4 is 4.74 Å². The number of fused-ring (bicyclic) bond motifs is 1. The van der Waals surface area contributed by atoms with Gasteiger partial charge in [0.15, 0.2) is 0 Å². The van der Waals surface area contributed by atoms with Crippen LogP contribution in [0.1, 0.15) is 5.69 Å². The summed E-state index contributed by atoms with van der Waals surface area (Å²) in [7, 11) is 1.68. The SMILES string of the molecule is COc1ccccc1-c1cn2c(C)cccc2n1.I. The zero-order valence-electron chi connectivity index (χ0n) is 10.8. The van der Waals surface area contributed by atoms with Crippen LogP contribution in [0.5, 0.6) is 5.75 Å². The molecule has 3 rings (SSSR count). The Morgan fingerprint density at radius 3 is 2.58 bits per heavy atom. The highest BCUT2D eigenvalue weighted by atomic mass is 127. The number of para-hydroxylation sites is 1. The third-order valence-corrected chi connectivity index (χ3v) is 3.08. The maximum Gasteiger partial charge on any atom is 0.137 e. The fourth-order valence-corrected chi connectivity index (χ4v) is 2.13. The molecule has 0 aliphatic carbocycles. The predicted molar refractivity (Wildman–Crippen MR) is 87.3 cm³/mol. The summed E-state index contributed by atoms with van der Waals surface area (Å²) in [6.07, 6.45) is 2.04. The van der Waals surface area contributed by atoms with E-state index in [9.17, 15) is 0 Å². The third-order valence-electron chi connectivity index (χ3n) is 3.08. The second kappa shape index (κ2) is 5.61. The second-order valence-electron chi connectivity index (χ2n) is 4.22. The molecule has 2 heterocycles. The monoisotopic (exact) mass is 366 g/mol. The van der Waals surface area contributed by atoms with Crippen LogP contribution in [0.25, 0.3) is 16.9 Å². The largest absolute Gasteiger partial charge is 0.496 e. The van der Waals surface area contributed by atoms with Gasteiger partial charge in [-0.05, 0) is 31.2 Å². The summed E-state index contributed by atoms with van der Waals surface area (Å²) >= 11 is 0. The van der Waals surface area contributed by atoms with Gasteiger partial charge in [0.05, 0.1) is 12.8 Å². The smallest absolute Gasteiger partial charge is 0.137 e. The molecule has 3 aromatic rings. The number of hydrogen-bond acceptors (Lipinski definition) is 2. The molecule has 4 heteroatoms. The summed E-state index contributed by atoms with van der Waals surface area (Å²) in [6, 6.07) is 14.0. The summed E-state index contributed by atoms with van der Waals surface area (Å²) in [5.74, 6) is 0.846. The van der Waals surface area contributed by atoms with Gasteiger partial charge in [0.1, 0.15) is 11.4 Å². The molecular formula is C15H15IN2O. The van der Waals surface area contributed by atoms with E-state index in [1.54, 1.807) is 7.11 Å². The van der Waals surface area contributed by atoms with Gasteiger partial charge in [0, 0.05) is 17.5 Å². The lowest BCUT2D eigenvalue weighted by Gasteiger charge is -2.04. The number of methoxy groups -OCH3 is 1. The molecule has 1 aromatic carbocycles. The van der Waals surface area contributed by atoms with Crippen LogP contribution >= 0.6 is 24.0 Å². The van der Waals surface area contributed by atoms with E-state index in [0.29, 0.717) is 0 Å². The van der Waals surface area contributed by atoms with E-state index in [-0.39, 0.29) is 24.0 Å². The van der Waals surface area contributed by atoms with E-state index >= 15 is 0 Å². The highest BCUT2D eigenvalue weighted by Crippen LogP contribution is 2.29. The van der Waals surface area contributed by atoms with Crippen molar-refractivity contribution >= 4 is 29.6 Å². The van der Waals surface area contributed by atoms with Gasteiger partial charge in [-0.1, -0.05) is 18.2 Å². The van der Waals surface area contributed by atoms with Crippen molar-refractivity contribution in [3.63, 3.8) is 0 Å². The minimum absolute atomic E-state index is 0. The van der Waals surface area contributed by atoms with Gasteiger partial charge in [0.25, 0.3) is 0 Å². The zero-order valence-corrected chi connectivity index (χ0v) is 13.2. The summed E-state index contributed by atoms with van der Waals surface area (Å²) in [6.45, 7) is 2.07. The number of halogens is 1. The van der Waals surface area contributed by atoms with Gasteiger partial charge in [-0.3, -0.25) is 0 Å². The van der Waals surface area contributed by atoms with Gasteiger partial charge >= 0.3 is 0 Å². The summed E-state index contributed by atoms with van der Waals surface area (Å²) in [4.78, 5) is 4.64. The molecule has 0 radical (unpaired) electrons. The minimum atomic E-state index is 0. The van der Waals surface area contributed by atoms with E-state index in [1.807, 2.05) is 42.6 Å². The Kier molecular flexibility index (Phi) is 4.09. The lowest BCUT2D eigenvalue weighted by atomic mass is 10.1. The molecule has 0 N–H and O–H groups in total. The van der Waals surface area contributed by atoms with E-state index in [2.05, 4.69) is 22.4 Å². The molecule has 2 aromatic heterocycles. The second-order valence-corrected chi connectivity index (χ2v) is 4.22. The molecule has 0 bridgehead atoms. The Labute approximate surface area is 129 Å². The molecule has 0 saturated heterocycles. The quantitative estimate of drug-likeness (QED) is 0.643. The zero-order chi connectivity index (χ0) is 12.5. The van der Waals surface area contributed by atoms with Crippen LogP contribution in [0.3, 0.4) is 0 Å². The highest BCUT2D eigenvalue weighted by molar-refractivity contribution is 14.0. The molecular weight excluding hydrogens is 351 g/mol. The molecule has 0 spiro atoms. The van der Waals surface area contributed by atoms with Gasteiger partial charge in [-0.15, -0.1) is 24.0 Å². The Bertz CT molecular complexity index is 706. The summed E-state index contributed by atoms with van der Waals surface area (Å²) in [5, 5.41) is 0. The van der Waals surface area contributed by atoms with Crippen molar-refractivity contribution in [2.45, 2.75) is 6.92 Å². The third kappa shape index (κ3) is 2.45. The summed E-state index contributed by atoms with van der Waals surface area (Å²) in [5.41, 5.74) is 4.07. The van der Waals surface area contributed by atoms with E-state index in [1.165, 1.54) is 5.69 Å². The van der Waals surface area contributed by atoms with Crippen LogP contribution in [-0.2, 0) is 0 Å². The highest BCUT2D eigenvalue weighted by Gasteiger charge is 2.09. The predicted octanol–water partition coefficient (Wildman–Crippen LogP) is 3.94. The van der Waals surface area contributed by atoms with Crippen molar-refractivity contribution in [1.29, 1.82) is 0 Å². The van der Waals surface area contributed by atoms with Crippen molar-refractivity contribution in [1.82, 2.24) is 9.38 Å². The number of aryl methyl sites for hydroxylation is 1. The van der Waals surface area contributed by atoms with Gasteiger partial charge < -0.3 is 9.14 Å². The number of hydrogen-bond donors (Lipinski definition) is 0. The fraction of sp³-hybridized carbons (Fsp3) is 0.133. The molecule has 0 saturated carbocycles. The van der Waals surface area contributed by atoms with Gasteiger partial charge in [-0.25, -0.2) is 4.98 Å². The lowest BCUT2D eigenvalue weighted by molar-refractivity contribution is 0.416. The lowest BCUT2D eigenvalue weighted by Crippen LogP contribution is -1.87. The molecule has 0 unspecified atom stereocenters. The van der Waals surface area contributed by atoms with Crippen LogP contribution in [0.2, 0.25) is 0 Å².